The minimum atomic E-state index is -3.58. The maximum atomic E-state index is 11.5. The van der Waals surface area contributed by atoms with E-state index >= 15 is 0 Å². The molecule has 0 saturated carbocycles. The normalized spacial score (nSPS) is 17.3. The van der Waals surface area contributed by atoms with Crippen LogP contribution in [0, 0.1) is 0 Å². The Morgan fingerprint density at radius 1 is 1.00 bits per heavy atom. The van der Waals surface area contributed by atoms with Crippen LogP contribution in [-0.4, -0.2) is 39.0 Å². The maximum Gasteiger partial charge on any atom is 0.306 e. The van der Waals surface area contributed by atoms with Crippen LogP contribution in [0.3, 0.4) is 0 Å². The number of aromatic hydroxyl groups is 1. The fourth-order valence-electron chi connectivity index (χ4n) is 5.07. The lowest BCUT2D eigenvalue weighted by molar-refractivity contribution is 0.292. The van der Waals surface area contributed by atoms with Crippen LogP contribution in [-0.2, 0) is 23.0 Å². The van der Waals surface area contributed by atoms with Gasteiger partial charge < -0.3 is 19.3 Å². The van der Waals surface area contributed by atoms with Gasteiger partial charge >= 0.3 is 10.1 Å². The van der Waals surface area contributed by atoms with Gasteiger partial charge in [-0.05, 0) is 108 Å². The average Bonchev–Trinajstić information content (AvgIpc) is 3.48. The first kappa shape index (κ1) is 24.4. The summed E-state index contributed by atoms with van der Waals surface area (Å²) in [5.74, 6) is 1.42. The molecular formula is C29H31NO5S. The van der Waals surface area contributed by atoms with Gasteiger partial charge in [-0.2, -0.15) is 8.42 Å². The third-order valence-electron chi connectivity index (χ3n) is 6.80. The molecule has 0 bridgehead atoms. The molecule has 3 aromatic rings. The van der Waals surface area contributed by atoms with Gasteiger partial charge in [-0.3, -0.25) is 0 Å². The van der Waals surface area contributed by atoms with Crippen molar-refractivity contribution < 1.29 is 22.4 Å². The molecule has 1 atom stereocenters. The summed E-state index contributed by atoms with van der Waals surface area (Å²) in [5, 5.41) is 13.5. The summed E-state index contributed by atoms with van der Waals surface area (Å²) in [5.41, 5.74) is 6.74. The molecule has 1 saturated heterocycles. The summed E-state index contributed by atoms with van der Waals surface area (Å²) in [7, 11) is -3.58. The number of hydrogen-bond acceptors (Lipinski definition) is 6. The van der Waals surface area contributed by atoms with Gasteiger partial charge in [-0.15, -0.1) is 0 Å². The molecule has 36 heavy (non-hydrogen) atoms. The van der Waals surface area contributed by atoms with Crippen LogP contribution in [0.2, 0.25) is 0 Å². The molecule has 2 aliphatic rings. The molecule has 1 fully saturated rings. The van der Waals surface area contributed by atoms with Crippen LogP contribution in [0.25, 0.3) is 11.1 Å². The van der Waals surface area contributed by atoms with Gasteiger partial charge in [0, 0.05) is 6.04 Å². The second-order valence-electron chi connectivity index (χ2n) is 9.54. The van der Waals surface area contributed by atoms with Crippen molar-refractivity contribution in [3.05, 3.63) is 89.0 Å². The van der Waals surface area contributed by atoms with Gasteiger partial charge in [0.2, 0.25) is 0 Å². The molecular weight excluding hydrogens is 474 g/mol. The molecule has 3 aromatic carbocycles. The molecule has 7 heteroatoms. The van der Waals surface area contributed by atoms with Crippen LogP contribution < -0.4 is 14.2 Å². The largest absolute Gasteiger partial charge is 0.508 e. The van der Waals surface area contributed by atoms with E-state index in [1.54, 1.807) is 18.2 Å². The predicted octanol–water partition coefficient (Wildman–Crippen LogP) is 4.96. The molecule has 2 N–H and O–H groups in total. The number of allylic oxidation sites excluding steroid dienone is 2. The van der Waals surface area contributed by atoms with Crippen molar-refractivity contribution in [2.45, 2.75) is 38.1 Å². The molecule has 0 aromatic heterocycles. The lowest BCUT2D eigenvalue weighted by Gasteiger charge is -2.13. The highest BCUT2D eigenvalue weighted by Gasteiger charge is 2.23. The third kappa shape index (κ3) is 5.91. The Kier molecular flexibility index (Phi) is 7.03. The number of phenolic OH excluding ortho intramolecular Hbond substituents is 1. The van der Waals surface area contributed by atoms with Gasteiger partial charge in [-0.1, -0.05) is 30.3 Å². The first-order valence-electron chi connectivity index (χ1n) is 12.3. The van der Waals surface area contributed by atoms with Crippen LogP contribution in [0.4, 0.5) is 0 Å². The Morgan fingerprint density at radius 2 is 1.75 bits per heavy atom. The second kappa shape index (κ2) is 10.4. The van der Waals surface area contributed by atoms with Crippen molar-refractivity contribution in [3.8, 4) is 17.2 Å². The lowest BCUT2D eigenvalue weighted by atomic mass is 9.95. The molecule has 5 rings (SSSR count). The van der Waals surface area contributed by atoms with Crippen molar-refractivity contribution in [1.82, 2.24) is 5.32 Å². The van der Waals surface area contributed by atoms with E-state index in [1.165, 1.54) is 24.0 Å². The summed E-state index contributed by atoms with van der Waals surface area (Å²) in [6.45, 7) is 1.82. The highest BCUT2D eigenvalue weighted by Crippen LogP contribution is 2.41. The van der Waals surface area contributed by atoms with Gasteiger partial charge in [0.05, 0.1) is 12.9 Å². The number of benzene rings is 3. The SMILES string of the molecule is CS(=O)(=O)Oc1ccc(C2=C(Cc3ccc(OCCC4CCCN4)cc3)c3ccc(O)cc3C2)cc1. The molecule has 1 heterocycles. The van der Waals surface area contributed by atoms with Gasteiger partial charge in [0.1, 0.15) is 17.2 Å². The Hall–Kier alpha value is -3.29. The van der Waals surface area contributed by atoms with Crippen LogP contribution in [0.5, 0.6) is 17.2 Å². The van der Waals surface area contributed by atoms with E-state index in [0.29, 0.717) is 19.1 Å². The van der Waals surface area contributed by atoms with Crippen molar-refractivity contribution in [3.63, 3.8) is 0 Å². The summed E-state index contributed by atoms with van der Waals surface area (Å²) in [6, 6.07) is 21.5. The first-order chi connectivity index (χ1) is 17.3. The lowest BCUT2D eigenvalue weighted by Crippen LogP contribution is -2.23. The molecule has 0 amide bonds. The van der Waals surface area contributed by atoms with Gasteiger partial charge in [0.25, 0.3) is 0 Å². The Morgan fingerprint density at radius 3 is 2.44 bits per heavy atom. The summed E-state index contributed by atoms with van der Waals surface area (Å²) >= 11 is 0. The average molecular weight is 506 g/mol. The van der Waals surface area contributed by atoms with Gasteiger partial charge in [0.15, 0.2) is 0 Å². The van der Waals surface area contributed by atoms with Crippen LogP contribution in [0.1, 0.15) is 41.5 Å². The van der Waals surface area contributed by atoms with Crippen molar-refractivity contribution in [2.75, 3.05) is 19.4 Å². The van der Waals surface area contributed by atoms with Crippen molar-refractivity contribution in [2.24, 2.45) is 0 Å². The highest BCUT2D eigenvalue weighted by atomic mass is 32.2. The van der Waals surface area contributed by atoms with Crippen molar-refractivity contribution >= 4 is 21.3 Å². The zero-order chi connectivity index (χ0) is 25.1. The quantitative estimate of drug-likeness (QED) is 0.400. The number of nitrogens with one attached hydrogen (secondary N) is 1. The number of phenols is 1. The summed E-state index contributed by atoms with van der Waals surface area (Å²) in [4.78, 5) is 0. The molecule has 0 radical (unpaired) electrons. The Bertz CT molecular complexity index is 1360. The molecule has 188 valence electrons. The van der Waals surface area contributed by atoms with Crippen molar-refractivity contribution in [1.29, 1.82) is 0 Å². The molecule has 0 spiro atoms. The molecule has 1 aliphatic carbocycles. The summed E-state index contributed by atoms with van der Waals surface area (Å²) < 4.78 is 33.9. The summed E-state index contributed by atoms with van der Waals surface area (Å²) in [6.07, 6.45) is 5.97. The minimum Gasteiger partial charge on any atom is -0.508 e. The fraction of sp³-hybridized carbons (Fsp3) is 0.310. The molecule has 6 nitrogen and oxygen atoms in total. The minimum absolute atomic E-state index is 0.251. The molecule has 1 aliphatic heterocycles. The molecule has 1 unspecified atom stereocenters. The van der Waals surface area contributed by atoms with E-state index in [1.807, 2.05) is 36.4 Å². The fourth-order valence-corrected chi connectivity index (χ4v) is 5.54. The van der Waals surface area contributed by atoms with E-state index in [9.17, 15) is 13.5 Å². The predicted molar refractivity (Wildman–Crippen MR) is 142 cm³/mol. The Balaban J connectivity index is 1.35. The number of ether oxygens (including phenoxy) is 1. The maximum absolute atomic E-state index is 11.5. The van der Waals surface area contributed by atoms with Crippen LogP contribution in [0.15, 0.2) is 66.7 Å². The third-order valence-corrected chi connectivity index (χ3v) is 7.29. The van der Waals surface area contributed by atoms with E-state index in [4.69, 9.17) is 8.92 Å². The highest BCUT2D eigenvalue weighted by molar-refractivity contribution is 7.86. The first-order valence-corrected chi connectivity index (χ1v) is 14.1. The van der Waals surface area contributed by atoms with Crippen LogP contribution >= 0.6 is 0 Å². The standard InChI is InChI=1S/C29H31NO5S/c1-36(32,33)35-26-11-6-21(7-12-26)28-19-22-18-24(31)8-13-27(22)29(28)17-20-4-9-25(10-5-20)34-16-14-23-3-2-15-30-23/h4-13,18,23,30-31H,2-3,14-17,19H2,1H3. The monoisotopic (exact) mass is 505 g/mol. The number of hydrogen-bond donors (Lipinski definition) is 2. The van der Waals surface area contributed by atoms with E-state index < -0.39 is 10.1 Å². The zero-order valence-corrected chi connectivity index (χ0v) is 21.2. The Labute approximate surface area is 212 Å². The second-order valence-corrected chi connectivity index (χ2v) is 11.1. The number of rotatable bonds is 9. The smallest absolute Gasteiger partial charge is 0.306 e. The zero-order valence-electron chi connectivity index (χ0n) is 20.4. The topological polar surface area (TPSA) is 84.9 Å². The van der Waals surface area contributed by atoms with E-state index in [2.05, 4.69) is 17.4 Å². The van der Waals surface area contributed by atoms with Gasteiger partial charge in [-0.25, -0.2) is 0 Å². The number of fused-ring (bicyclic) bond motifs is 1. The van der Waals surface area contributed by atoms with E-state index in [0.717, 1.165) is 53.7 Å². The van der Waals surface area contributed by atoms with E-state index in [-0.39, 0.29) is 11.5 Å².